The fourth-order valence-electron chi connectivity index (χ4n) is 3.75. The third-order valence-electron chi connectivity index (χ3n) is 5.37. The Hall–Kier alpha value is -3.84. The van der Waals surface area contributed by atoms with Crippen LogP contribution in [0.15, 0.2) is 72.8 Å². The Morgan fingerprint density at radius 3 is 2.36 bits per heavy atom. The van der Waals surface area contributed by atoms with Crippen molar-refractivity contribution in [2.75, 3.05) is 14.2 Å². The van der Waals surface area contributed by atoms with Gasteiger partial charge in [-0.05, 0) is 42.5 Å². The SMILES string of the molecule is COc1ccc(/C=[N+]2\NC(=O)[C@H](NC(=O)c3ccccc3)[C@@H]2c2ccc(Cl)cc2)cc1OC. The van der Waals surface area contributed by atoms with Crippen LogP contribution in [0.5, 0.6) is 11.5 Å². The van der Waals surface area contributed by atoms with Gasteiger partial charge in [-0.1, -0.05) is 41.9 Å². The first-order chi connectivity index (χ1) is 16.0. The van der Waals surface area contributed by atoms with Gasteiger partial charge in [-0.2, -0.15) is 0 Å². The molecule has 2 N–H and O–H groups in total. The molecule has 3 aromatic carbocycles. The monoisotopic (exact) mass is 464 g/mol. The zero-order chi connectivity index (χ0) is 23.4. The topological polar surface area (TPSA) is 79.7 Å². The molecule has 4 rings (SSSR count). The molecule has 7 nitrogen and oxygen atoms in total. The number of carbonyl (C=O) groups excluding carboxylic acids is 2. The molecule has 0 radical (unpaired) electrons. The van der Waals surface area contributed by atoms with E-state index in [0.717, 1.165) is 11.1 Å². The maximum Gasteiger partial charge on any atom is 0.304 e. The van der Waals surface area contributed by atoms with Crippen molar-refractivity contribution in [3.8, 4) is 11.5 Å². The Balaban J connectivity index is 1.72. The molecule has 0 unspecified atom stereocenters. The highest BCUT2D eigenvalue weighted by atomic mass is 35.5. The third kappa shape index (κ3) is 4.83. The van der Waals surface area contributed by atoms with Crippen molar-refractivity contribution in [3.05, 3.63) is 94.5 Å². The highest BCUT2D eigenvalue weighted by Crippen LogP contribution is 2.29. The van der Waals surface area contributed by atoms with E-state index in [1.165, 1.54) is 0 Å². The van der Waals surface area contributed by atoms with E-state index in [9.17, 15) is 9.59 Å². The van der Waals surface area contributed by atoms with E-state index in [2.05, 4.69) is 10.7 Å². The number of hydrazine groups is 1. The molecule has 1 aliphatic heterocycles. The lowest BCUT2D eigenvalue weighted by Crippen LogP contribution is -2.42. The zero-order valence-electron chi connectivity index (χ0n) is 18.1. The molecule has 1 aliphatic rings. The fourth-order valence-corrected chi connectivity index (χ4v) is 3.87. The average Bonchev–Trinajstić information content (AvgIpc) is 3.14. The van der Waals surface area contributed by atoms with Crippen molar-refractivity contribution in [3.63, 3.8) is 0 Å². The molecular weight excluding hydrogens is 442 g/mol. The number of rotatable bonds is 6. The van der Waals surface area contributed by atoms with Gasteiger partial charge in [-0.25, -0.2) is 0 Å². The second-order valence-corrected chi connectivity index (χ2v) is 7.88. The van der Waals surface area contributed by atoms with Crippen LogP contribution in [-0.4, -0.2) is 43.0 Å². The Morgan fingerprint density at radius 2 is 1.70 bits per heavy atom. The number of hydrogen-bond acceptors (Lipinski definition) is 4. The van der Waals surface area contributed by atoms with E-state index in [4.69, 9.17) is 21.1 Å². The average molecular weight is 465 g/mol. The standard InChI is InChI=1S/C25H22ClN3O4/c1-32-20-13-8-16(14-21(20)33-2)15-29-23(17-9-11-19(26)12-10-17)22(25(31)28-29)27-24(30)18-6-4-3-5-7-18/h3-15,22-23H,1-2H3,(H-,27,28,30,31)/p+1/b29-15-/t22-,23+/m1/s1. The highest BCUT2D eigenvalue weighted by molar-refractivity contribution is 6.30. The lowest BCUT2D eigenvalue weighted by atomic mass is 9.99. The molecule has 0 spiro atoms. The molecule has 2 atom stereocenters. The summed E-state index contributed by atoms with van der Waals surface area (Å²) in [4.78, 5) is 25.8. The Kier molecular flexibility index (Phi) is 6.60. The summed E-state index contributed by atoms with van der Waals surface area (Å²) < 4.78 is 12.4. The highest BCUT2D eigenvalue weighted by Gasteiger charge is 2.47. The minimum atomic E-state index is -0.824. The second-order valence-electron chi connectivity index (χ2n) is 7.44. The Labute approximate surface area is 196 Å². The molecule has 0 saturated carbocycles. The molecule has 0 bridgehead atoms. The van der Waals surface area contributed by atoms with Crippen molar-refractivity contribution >= 4 is 29.6 Å². The van der Waals surface area contributed by atoms with Crippen LogP contribution in [0.3, 0.4) is 0 Å². The number of benzene rings is 3. The molecule has 1 fully saturated rings. The quantitative estimate of drug-likeness (QED) is 0.548. The minimum absolute atomic E-state index is 0.323. The van der Waals surface area contributed by atoms with E-state index >= 15 is 0 Å². The Morgan fingerprint density at radius 1 is 1.00 bits per heavy atom. The van der Waals surface area contributed by atoms with Crippen molar-refractivity contribution < 1.29 is 23.7 Å². The summed E-state index contributed by atoms with van der Waals surface area (Å²) in [6.45, 7) is 0. The summed E-state index contributed by atoms with van der Waals surface area (Å²) >= 11 is 6.08. The van der Waals surface area contributed by atoms with Gasteiger partial charge in [-0.3, -0.25) is 9.59 Å². The number of hydrogen-bond donors (Lipinski definition) is 2. The number of ether oxygens (including phenoxy) is 2. The van der Waals surface area contributed by atoms with Crippen molar-refractivity contribution in [1.29, 1.82) is 0 Å². The summed E-state index contributed by atoms with van der Waals surface area (Å²) in [5.74, 6) is 0.509. The number of carbonyl (C=O) groups is 2. The van der Waals surface area contributed by atoms with Crippen molar-refractivity contribution in [1.82, 2.24) is 10.7 Å². The molecule has 0 aromatic heterocycles. The molecule has 8 heteroatoms. The number of nitrogens with zero attached hydrogens (tertiary/aromatic N) is 1. The van der Waals surface area contributed by atoms with Gasteiger partial charge in [0.25, 0.3) is 5.91 Å². The van der Waals surface area contributed by atoms with Gasteiger partial charge in [0.15, 0.2) is 17.5 Å². The second kappa shape index (κ2) is 9.75. The van der Waals surface area contributed by atoms with Crippen LogP contribution in [0.25, 0.3) is 0 Å². The summed E-state index contributed by atoms with van der Waals surface area (Å²) in [5, 5.41) is 3.45. The summed E-state index contributed by atoms with van der Waals surface area (Å²) in [5.41, 5.74) is 4.92. The third-order valence-corrected chi connectivity index (χ3v) is 5.62. The van der Waals surface area contributed by atoms with Crippen molar-refractivity contribution in [2.24, 2.45) is 0 Å². The van der Waals surface area contributed by atoms with Gasteiger partial charge in [0.2, 0.25) is 12.3 Å². The van der Waals surface area contributed by atoms with Gasteiger partial charge >= 0.3 is 5.91 Å². The van der Waals surface area contributed by atoms with Crippen LogP contribution >= 0.6 is 11.6 Å². The maximum atomic E-state index is 13.0. The number of halogens is 1. The van der Waals surface area contributed by atoms with E-state index in [-0.39, 0.29) is 11.8 Å². The maximum absolute atomic E-state index is 13.0. The Bertz CT molecular complexity index is 1200. The van der Waals surface area contributed by atoms with Gasteiger partial charge in [0.1, 0.15) is 0 Å². The summed E-state index contributed by atoms with van der Waals surface area (Å²) in [7, 11) is 3.13. The molecule has 2 amide bonds. The zero-order valence-corrected chi connectivity index (χ0v) is 18.9. The lowest BCUT2D eigenvalue weighted by molar-refractivity contribution is -0.596. The van der Waals surface area contributed by atoms with Crippen LogP contribution in [0.4, 0.5) is 0 Å². The van der Waals surface area contributed by atoms with E-state index in [1.807, 2.05) is 24.3 Å². The molecule has 33 heavy (non-hydrogen) atoms. The number of nitrogens with one attached hydrogen (secondary N) is 2. The molecule has 3 aromatic rings. The number of amides is 2. The van der Waals surface area contributed by atoms with Crippen LogP contribution < -0.4 is 20.2 Å². The van der Waals surface area contributed by atoms with Gasteiger partial charge in [0.05, 0.1) is 14.2 Å². The predicted octanol–water partition coefficient (Wildman–Crippen LogP) is 3.37. The van der Waals surface area contributed by atoms with Gasteiger partial charge in [0, 0.05) is 21.7 Å². The normalized spacial score (nSPS) is 18.6. The van der Waals surface area contributed by atoms with E-state index in [1.54, 1.807) is 73.6 Å². The van der Waals surface area contributed by atoms with Gasteiger partial charge in [-0.15, -0.1) is 10.1 Å². The summed E-state index contributed by atoms with van der Waals surface area (Å²) in [6.07, 6.45) is 1.79. The molecule has 1 heterocycles. The first-order valence-electron chi connectivity index (χ1n) is 10.3. The predicted molar refractivity (Wildman–Crippen MR) is 125 cm³/mol. The molecule has 168 valence electrons. The molecule has 0 aliphatic carbocycles. The van der Waals surface area contributed by atoms with E-state index < -0.39 is 12.1 Å². The largest absolute Gasteiger partial charge is 0.493 e. The van der Waals surface area contributed by atoms with Crippen LogP contribution in [-0.2, 0) is 4.79 Å². The number of hydrazone groups is 1. The lowest BCUT2D eigenvalue weighted by Gasteiger charge is -2.15. The van der Waals surface area contributed by atoms with Crippen LogP contribution in [0.1, 0.15) is 27.5 Å². The first-order valence-corrected chi connectivity index (χ1v) is 10.6. The smallest absolute Gasteiger partial charge is 0.304 e. The first kappa shape index (κ1) is 22.4. The van der Waals surface area contributed by atoms with Gasteiger partial charge < -0.3 is 14.8 Å². The van der Waals surface area contributed by atoms with Crippen LogP contribution in [0, 0.1) is 0 Å². The molecular formula is C25H23ClN3O4+. The fraction of sp³-hybridized carbons (Fsp3) is 0.160. The molecule has 1 saturated heterocycles. The van der Waals surface area contributed by atoms with Crippen LogP contribution in [0.2, 0.25) is 5.02 Å². The van der Waals surface area contributed by atoms with E-state index in [0.29, 0.717) is 22.1 Å². The van der Waals surface area contributed by atoms with Crippen molar-refractivity contribution in [2.45, 2.75) is 12.1 Å². The summed E-state index contributed by atoms with van der Waals surface area (Å²) in [6, 6.07) is 20.1. The minimum Gasteiger partial charge on any atom is -0.493 e. The number of methoxy groups -OCH3 is 2.